The highest BCUT2D eigenvalue weighted by Gasteiger charge is 2.05. The highest BCUT2D eigenvalue weighted by atomic mass is 79.9. The maximum absolute atomic E-state index is 13.9. The van der Waals surface area contributed by atoms with Crippen molar-refractivity contribution in [1.82, 2.24) is 10.2 Å². The van der Waals surface area contributed by atoms with Crippen LogP contribution in [-0.2, 0) is 6.54 Å². The molecule has 134 valence electrons. The Hall–Kier alpha value is -2.12. The number of hydrogen-bond donors (Lipinski definition) is 3. The van der Waals surface area contributed by atoms with Crippen molar-refractivity contribution in [1.29, 1.82) is 0 Å². The van der Waals surface area contributed by atoms with Gasteiger partial charge in [-0.1, -0.05) is 15.9 Å². The average molecular weight is 409 g/mol. The number of nitrogens with zero attached hydrogens (tertiary/aromatic N) is 2. The number of phenols is 1. The first-order chi connectivity index (χ1) is 11.9. The summed E-state index contributed by atoms with van der Waals surface area (Å²) in [4.78, 5) is 6.52. The normalized spacial score (nSPS) is 11.6. The van der Waals surface area contributed by atoms with Gasteiger partial charge in [0.2, 0.25) is 0 Å². The van der Waals surface area contributed by atoms with Crippen LogP contribution in [0.5, 0.6) is 5.75 Å². The molecule has 0 heterocycles. The molecule has 5 nitrogen and oxygen atoms in total. The largest absolute Gasteiger partial charge is 0.508 e. The summed E-state index contributed by atoms with van der Waals surface area (Å²) in [7, 11) is 3.98. The van der Waals surface area contributed by atoms with Gasteiger partial charge in [0.05, 0.1) is 6.54 Å². The Morgan fingerprint density at radius 3 is 2.60 bits per heavy atom. The van der Waals surface area contributed by atoms with Crippen LogP contribution in [-0.4, -0.2) is 43.2 Å². The van der Waals surface area contributed by atoms with Gasteiger partial charge in [0, 0.05) is 28.8 Å². The molecule has 0 aromatic heterocycles. The monoisotopic (exact) mass is 408 g/mol. The Morgan fingerprint density at radius 2 is 1.92 bits per heavy atom. The minimum absolute atomic E-state index is 0.195. The molecule has 0 aliphatic carbocycles. The van der Waals surface area contributed by atoms with Crippen LogP contribution in [0.25, 0.3) is 0 Å². The predicted molar refractivity (Wildman–Crippen MR) is 104 cm³/mol. The summed E-state index contributed by atoms with van der Waals surface area (Å²) in [6.45, 7) is 1.74. The third kappa shape index (κ3) is 6.72. The highest BCUT2D eigenvalue weighted by Crippen LogP contribution is 2.17. The van der Waals surface area contributed by atoms with E-state index >= 15 is 0 Å². The zero-order chi connectivity index (χ0) is 18.2. The summed E-state index contributed by atoms with van der Waals surface area (Å²) >= 11 is 3.35. The van der Waals surface area contributed by atoms with Crippen molar-refractivity contribution in [2.45, 2.75) is 6.54 Å². The van der Waals surface area contributed by atoms with E-state index in [4.69, 9.17) is 0 Å². The lowest BCUT2D eigenvalue weighted by molar-refractivity contribution is 0.412. The Labute approximate surface area is 155 Å². The molecule has 0 aliphatic rings. The summed E-state index contributed by atoms with van der Waals surface area (Å²) < 4.78 is 14.7. The van der Waals surface area contributed by atoms with E-state index in [0.717, 1.165) is 16.7 Å². The molecule has 0 fully saturated rings. The number of aromatic hydroxyl groups is 1. The third-order valence-electron chi connectivity index (χ3n) is 3.40. The second kappa shape index (κ2) is 9.39. The Kier molecular flexibility index (Phi) is 7.21. The van der Waals surface area contributed by atoms with Gasteiger partial charge in [-0.05, 0) is 56.6 Å². The first kappa shape index (κ1) is 19.2. The van der Waals surface area contributed by atoms with Gasteiger partial charge in [-0.15, -0.1) is 0 Å². The maximum atomic E-state index is 13.9. The molecule has 0 spiro atoms. The molecule has 2 aromatic carbocycles. The van der Waals surface area contributed by atoms with E-state index in [2.05, 4.69) is 36.5 Å². The highest BCUT2D eigenvalue weighted by molar-refractivity contribution is 9.10. The molecular weight excluding hydrogens is 387 g/mol. The SMILES string of the molecule is CN(C)CCNC(=NCc1cc(Br)ccc1F)Nc1ccc(O)cc1. The second-order valence-electron chi connectivity index (χ2n) is 5.80. The van der Waals surface area contributed by atoms with Gasteiger partial charge >= 0.3 is 0 Å². The predicted octanol–water partition coefficient (Wildman–Crippen LogP) is 3.41. The fourth-order valence-corrected chi connectivity index (χ4v) is 2.46. The van der Waals surface area contributed by atoms with Gasteiger partial charge in [0.25, 0.3) is 0 Å². The van der Waals surface area contributed by atoms with Gasteiger partial charge < -0.3 is 20.6 Å². The van der Waals surface area contributed by atoms with Crippen molar-refractivity contribution < 1.29 is 9.50 Å². The molecule has 2 aromatic rings. The standard InChI is InChI=1S/C18H22BrFN4O/c1-24(2)10-9-21-18(23-15-4-6-16(25)7-5-15)22-12-13-11-14(19)3-8-17(13)20/h3-8,11,25H,9-10,12H2,1-2H3,(H2,21,22,23). The van der Waals surface area contributed by atoms with Gasteiger partial charge in [-0.2, -0.15) is 0 Å². The van der Waals surface area contributed by atoms with Crippen LogP contribution in [0.1, 0.15) is 5.56 Å². The topological polar surface area (TPSA) is 59.9 Å². The molecule has 7 heteroatoms. The van der Waals surface area contributed by atoms with Crippen LogP contribution in [0.3, 0.4) is 0 Å². The molecule has 0 unspecified atom stereocenters. The Balaban J connectivity index is 2.11. The van der Waals surface area contributed by atoms with Crippen molar-refractivity contribution in [2.75, 3.05) is 32.5 Å². The lowest BCUT2D eigenvalue weighted by Gasteiger charge is -2.15. The Bertz CT molecular complexity index is 720. The molecule has 0 atom stereocenters. The maximum Gasteiger partial charge on any atom is 0.196 e. The number of halogens is 2. The number of guanidine groups is 1. The number of phenolic OH excluding ortho intramolecular Hbond substituents is 1. The van der Waals surface area contributed by atoms with Gasteiger partial charge in [-0.3, -0.25) is 0 Å². The smallest absolute Gasteiger partial charge is 0.196 e. The number of rotatable bonds is 6. The first-order valence-electron chi connectivity index (χ1n) is 7.87. The quantitative estimate of drug-likeness (QED) is 0.389. The van der Waals surface area contributed by atoms with Gasteiger partial charge in [-0.25, -0.2) is 9.38 Å². The van der Waals surface area contributed by atoms with Crippen LogP contribution in [0, 0.1) is 5.82 Å². The molecule has 0 aliphatic heterocycles. The van der Waals surface area contributed by atoms with Crippen molar-refractivity contribution >= 4 is 27.6 Å². The van der Waals surface area contributed by atoms with E-state index in [9.17, 15) is 9.50 Å². The summed E-state index contributed by atoms with van der Waals surface area (Å²) in [5, 5.41) is 15.8. The van der Waals surface area contributed by atoms with Crippen molar-refractivity contribution in [3.05, 3.63) is 58.3 Å². The minimum atomic E-state index is -0.288. The summed E-state index contributed by atoms with van der Waals surface area (Å²) in [6, 6.07) is 11.5. The summed E-state index contributed by atoms with van der Waals surface area (Å²) in [6.07, 6.45) is 0. The van der Waals surface area contributed by atoms with E-state index < -0.39 is 0 Å². The molecule has 0 amide bonds. The molecular formula is C18H22BrFN4O. The molecule has 0 saturated carbocycles. The number of likely N-dealkylation sites (N-methyl/N-ethyl adjacent to an activating group) is 1. The van der Waals surface area contributed by atoms with Gasteiger partial charge in [0.15, 0.2) is 5.96 Å². The lowest BCUT2D eigenvalue weighted by atomic mass is 10.2. The van der Waals surface area contributed by atoms with E-state index in [0.29, 0.717) is 18.1 Å². The fourth-order valence-electron chi connectivity index (χ4n) is 2.05. The first-order valence-corrected chi connectivity index (χ1v) is 8.66. The summed E-state index contributed by atoms with van der Waals surface area (Å²) in [5.74, 6) is 0.456. The summed E-state index contributed by atoms with van der Waals surface area (Å²) in [5.41, 5.74) is 1.29. The van der Waals surface area contributed by atoms with Crippen molar-refractivity contribution in [3.63, 3.8) is 0 Å². The van der Waals surface area contributed by atoms with Crippen molar-refractivity contribution in [3.8, 4) is 5.75 Å². The number of aliphatic imine (C=N–C) groups is 1. The van der Waals surface area contributed by atoms with Crippen LogP contribution >= 0.6 is 15.9 Å². The third-order valence-corrected chi connectivity index (χ3v) is 3.89. The van der Waals surface area contributed by atoms with Crippen LogP contribution < -0.4 is 10.6 Å². The fraction of sp³-hybridized carbons (Fsp3) is 0.278. The number of benzene rings is 2. The average Bonchev–Trinajstić information content (AvgIpc) is 2.57. The van der Waals surface area contributed by atoms with E-state index in [1.165, 1.54) is 6.07 Å². The Morgan fingerprint density at radius 1 is 1.20 bits per heavy atom. The van der Waals surface area contributed by atoms with E-state index in [-0.39, 0.29) is 18.1 Å². The second-order valence-corrected chi connectivity index (χ2v) is 6.72. The lowest BCUT2D eigenvalue weighted by Crippen LogP contribution is -2.36. The minimum Gasteiger partial charge on any atom is -0.508 e. The molecule has 25 heavy (non-hydrogen) atoms. The van der Waals surface area contributed by atoms with E-state index in [1.54, 1.807) is 36.4 Å². The van der Waals surface area contributed by atoms with Gasteiger partial charge in [0.1, 0.15) is 11.6 Å². The molecule has 0 bridgehead atoms. The zero-order valence-corrected chi connectivity index (χ0v) is 15.8. The van der Waals surface area contributed by atoms with Crippen LogP contribution in [0.4, 0.5) is 10.1 Å². The molecule has 0 radical (unpaired) electrons. The van der Waals surface area contributed by atoms with Crippen LogP contribution in [0.15, 0.2) is 51.9 Å². The zero-order valence-electron chi connectivity index (χ0n) is 14.3. The molecule has 3 N–H and O–H groups in total. The number of hydrogen-bond acceptors (Lipinski definition) is 3. The number of anilines is 1. The van der Waals surface area contributed by atoms with Crippen LogP contribution in [0.2, 0.25) is 0 Å². The molecule has 0 saturated heterocycles. The van der Waals surface area contributed by atoms with Crippen molar-refractivity contribution in [2.24, 2.45) is 4.99 Å². The van der Waals surface area contributed by atoms with E-state index in [1.807, 2.05) is 14.1 Å². The number of nitrogens with one attached hydrogen (secondary N) is 2. The molecule has 2 rings (SSSR count).